The Morgan fingerprint density at radius 1 is 1.11 bits per heavy atom. The number of amides is 1. The van der Waals surface area contributed by atoms with Gasteiger partial charge in [0, 0.05) is 36.1 Å². The molecule has 2 N–H and O–H groups in total. The molecule has 1 aliphatic rings. The van der Waals surface area contributed by atoms with Crippen LogP contribution in [-0.2, 0) is 13.0 Å². The van der Waals surface area contributed by atoms with Gasteiger partial charge in [0.25, 0.3) is 5.91 Å². The summed E-state index contributed by atoms with van der Waals surface area (Å²) in [5, 5.41) is 10.7. The van der Waals surface area contributed by atoms with Gasteiger partial charge in [0.2, 0.25) is 5.96 Å². The molecular formula is C26H31N5O4. The molecule has 1 aromatic heterocycles. The molecule has 2 heterocycles. The van der Waals surface area contributed by atoms with E-state index in [0.29, 0.717) is 55.0 Å². The SMILES string of the molecule is CCn1nc(C)c(CCN=C(NC(=O)c2ccc(OC)cc2)Nc2ccc3c(c2)OCCO3)c1C. The summed E-state index contributed by atoms with van der Waals surface area (Å²) in [6, 6.07) is 12.5. The summed E-state index contributed by atoms with van der Waals surface area (Å²) in [6.07, 6.45) is 0.711. The summed E-state index contributed by atoms with van der Waals surface area (Å²) in [4.78, 5) is 17.6. The summed E-state index contributed by atoms with van der Waals surface area (Å²) in [7, 11) is 1.59. The fourth-order valence-corrected chi connectivity index (χ4v) is 3.97. The number of nitrogens with zero attached hydrogens (tertiary/aromatic N) is 3. The zero-order chi connectivity index (χ0) is 24.8. The molecule has 2 aromatic carbocycles. The number of methoxy groups -OCH3 is 1. The topological polar surface area (TPSA) is 99.0 Å². The number of anilines is 1. The number of carbonyl (C=O) groups is 1. The van der Waals surface area contributed by atoms with E-state index in [1.54, 1.807) is 31.4 Å². The molecule has 184 valence electrons. The Kier molecular flexibility index (Phi) is 7.54. The van der Waals surface area contributed by atoms with E-state index < -0.39 is 0 Å². The molecule has 0 saturated heterocycles. The maximum absolute atomic E-state index is 12.9. The third-order valence-corrected chi connectivity index (χ3v) is 5.85. The Hall–Kier alpha value is -4.01. The standard InChI is InChI=1S/C26H31N5O4/c1-5-31-18(3)22(17(2)30-31)12-13-27-26(29-25(32)19-6-9-21(33-4)10-7-19)28-20-8-11-23-24(16-20)35-15-14-34-23/h6-11,16H,5,12-15H2,1-4H3,(H2,27,28,29,32). The van der Waals surface area contributed by atoms with Crippen molar-refractivity contribution in [2.75, 3.05) is 32.2 Å². The quantitative estimate of drug-likeness (QED) is 0.397. The zero-order valence-electron chi connectivity index (χ0n) is 20.6. The van der Waals surface area contributed by atoms with E-state index in [4.69, 9.17) is 14.2 Å². The van der Waals surface area contributed by atoms with Gasteiger partial charge in [-0.25, -0.2) is 0 Å². The van der Waals surface area contributed by atoms with E-state index in [0.717, 1.165) is 23.6 Å². The van der Waals surface area contributed by atoms with Gasteiger partial charge in [0.15, 0.2) is 11.5 Å². The van der Waals surface area contributed by atoms with Gasteiger partial charge >= 0.3 is 0 Å². The first-order valence-corrected chi connectivity index (χ1v) is 11.7. The monoisotopic (exact) mass is 477 g/mol. The molecule has 0 radical (unpaired) electrons. The van der Waals surface area contributed by atoms with Crippen molar-refractivity contribution >= 4 is 17.6 Å². The molecule has 4 rings (SSSR count). The van der Waals surface area contributed by atoms with Crippen LogP contribution in [0.3, 0.4) is 0 Å². The number of ether oxygens (including phenoxy) is 3. The van der Waals surface area contributed by atoms with Crippen LogP contribution in [0.5, 0.6) is 17.2 Å². The van der Waals surface area contributed by atoms with Gasteiger partial charge in [-0.2, -0.15) is 5.10 Å². The van der Waals surface area contributed by atoms with Crippen molar-refractivity contribution in [3.8, 4) is 17.2 Å². The van der Waals surface area contributed by atoms with Crippen molar-refractivity contribution in [1.82, 2.24) is 15.1 Å². The van der Waals surface area contributed by atoms with Gasteiger partial charge < -0.3 is 19.5 Å². The Morgan fingerprint density at radius 3 is 2.54 bits per heavy atom. The van der Waals surface area contributed by atoms with Crippen LogP contribution in [0.15, 0.2) is 47.5 Å². The molecule has 3 aromatic rings. The molecule has 1 amide bonds. The molecule has 35 heavy (non-hydrogen) atoms. The van der Waals surface area contributed by atoms with Gasteiger partial charge in [0.05, 0.1) is 12.8 Å². The second-order valence-electron chi connectivity index (χ2n) is 8.11. The van der Waals surface area contributed by atoms with Crippen LogP contribution in [0.2, 0.25) is 0 Å². The Labute approximate surface area is 205 Å². The second kappa shape index (κ2) is 10.9. The number of rotatable bonds is 7. The minimum atomic E-state index is -0.275. The maximum atomic E-state index is 12.9. The van der Waals surface area contributed by atoms with Gasteiger partial charge in [-0.3, -0.25) is 19.8 Å². The molecule has 0 spiro atoms. The highest BCUT2D eigenvalue weighted by molar-refractivity contribution is 6.10. The van der Waals surface area contributed by atoms with Crippen molar-refractivity contribution in [2.45, 2.75) is 33.7 Å². The summed E-state index contributed by atoms with van der Waals surface area (Å²) in [5.74, 6) is 2.10. The van der Waals surface area contributed by atoms with Gasteiger partial charge in [-0.1, -0.05) is 0 Å². The normalized spacial score (nSPS) is 12.9. The molecule has 0 bridgehead atoms. The van der Waals surface area contributed by atoms with E-state index in [1.807, 2.05) is 29.8 Å². The van der Waals surface area contributed by atoms with E-state index >= 15 is 0 Å². The zero-order valence-corrected chi connectivity index (χ0v) is 20.6. The highest BCUT2D eigenvalue weighted by atomic mass is 16.6. The number of fused-ring (bicyclic) bond motifs is 1. The Morgan fingerprint density at radius 2 is 1.86 bits per heavy atom. The number of hydrogen-bond donors (Lipinski definition) is 2. The molecule has 0 unspecified atom stereocenters. The number of benzene rings is 2. The van der Waals surface area contributed by atoms with E-state index in [1.165, 1.54) is 5.56 Å². The van der Waals surface area contributed by atoms with Crippen molar-refractivity contribution in [1.29, 1.82) is 0 Å². The molecule has 0 fully saturated rings. The molecule has 9 heteroatoms. The third-order valence-electron chi connectivity index (χ3n) is 5.85. The lowest BCUT2D eigenvalue weighted by atomic mass is 10.1. The van der Waals surface area contributed by atoms with Crippen LogP contribution in [0.4, 0.5) is 5.69 Å². The lowest BCUT2D eigenvalue weighted by molar-refractivity contribution is 0.0977. The Bertz CT molecular complexity index is 1220. The average molecular weight is 478 g/mol. The fourth-order valence-electron chi connectivity index (χ4n) is 3.97. The lowest BCUT2D eigenvalue weighted by Gasteiger charge is -2.19. The van der Waals surface area contributed by atoms with Gasteiger partial charge in [-0.05, 0) is 69.2 Å². The van der Waals surface area contributed by atoms with Crippen molar-refractivity contribution in [3.63, 3.8) is 0 Å². The molecule has 0 aliphatic carbocycles. The summed E-state index contributed by atoms with van der Waals surface area (Å²) in [6.45, 7) is 8.48. The highest BCUT2D eigenvalue weighted by Crippen LogP contribution is 2.32. The number of aliphatic imine (C=N–C) groups is 1. The number of hydrogen-bond acceptors (Lipinski definition) is 6. The average Bonchev–Trinajstić information content (AvgIpc) is 3.16. The van der Waals surface area contributed by atoms with E-state index in [-0.39, 0.29) is 5.91 Å². The van der Waals surface area contributed by atoms with Crippen LogP contribution in [0.25, 0.3) is 0 Å². The second-order valence-corrected chi connectivity index (χ2v) is 8.11. The number of carbonyl (C=O) groups excluding carboxylic acids is 1. The molecule has 0 atom stereocenters. The van der Waals surface area contributed by atoms with Crippen LogP contribution in [0, 0.1) is 13.8 Å². The lowest BCUT2D eigenvalue weighted by Crippen LogP contribution is -2.36. The molecule has 9 nitrogen and oxygen atoms in total. The highest BCUT2D eigenvalue weighted by Gasteiger charge is 2.15. The largest absolute Gasteiger partial charge is 0.497 e. The maximum Gasteiger partial charge on any atom is 0.257 e. The summed E-state index contributed by atoms with van der Waals surface area (Å²) in [5.41, 5.74) is 4.55. The fraction of sp³-hybridized carbons (Fsp3) is 0.346. The van der Waals surface area contributed by atoms with Crippen molar-refractivity contribution in [3.05, 3.63) is 65.0 Å². The van der Waals surface area contributed by atoms with E-state index in [2.05, 4.69) is 34.6 Å². The number of aromatic nitrogens is 2. The van der Waals surface area contributed by atoms with Gasteiger partial charge in [0.1, 0.15) is 19.0 Å². The predicted molar refractivity (Wildman–Crippen MR) is 135 cm³/mol. The first-order valence-electron chi connectivity index (χ1n) is 11.7. The number of aryl methyl sites for hydroxylation is 2. The minimum Gasteiger partial charge on any atom is -0.497 e. The van der Waals surface area contributed by atoms with Gasteiger partial charge in [-0.15, -0.1) is 0 Å². The van der Waals surface area contributed by atoms with Crippen molar-refractivity contribution in [2.24, 2.45) is 4.99 Å². The third kappa shape index (κ3) is 5.74. The van der Waals surface area contributed by atoms with Crippen LogP contribution < -0.4 is 24.8 Å². The first-order chi connectivity index (χ1) is 17.0. The van der Waals surface area contributed by atoms with Crippen LogP contribution in [-0.4, -0.2) is 48.5 Å². The van der Waals surface area contributed by atoms with Crippen molar-refractivity contribution < 1.29 is 19.0 Å². The molecule has 0 saturated carbocycles. The van der Waals surface area contributed by atoms with E-state index in [9.17, 15) is 4.79 Å². The predicted octanol–water partition coefficient (Wildman–Crippen LogP) is 3.74. The summed E-state index contributed by atoms with van der Waals surface area (Å²) < 4.78 is 18.5. The van der Waals surface area contributed by atoms with Crippen LogP contribution >= 0.6 is 0 Å². The minimum absolute atomic E-state index is 0.275. The molecular weight excluding hydrogens is 446 g/mol. The number of guanidine groups is 1. The number of nitrogens with one attached hydrogen (secondary N) is 2. The van der Waals surface area contributed by atoms with Crippen LogP contribution in [0.1, 0.15) is 34.2 Å². The Balaban J connectivity index is 1.53. The summed E-state index contributed by atoms with van der Waals surface area (Å²) >= 11 is 0. The molecule has 1 aliphatic heterocycles. The smallest absolute Gasteiger partial charge is 0.257 e. The first kappa shape index (κ1) is 24.1.